The van der Waals surface area contributed by atoms with Gasteiger partial charge in [-0.05, 0) is 61.9 Å². The van der Waals surface area contributed by atoms with Crippen LogP contribution < -0.4 is 10.2 Å². The Morgan fingerprint density at radius 1 is 1.08 bits per heavy atom. The molecule has 1 N–H and O–H groups in total. The van der Waals surface area contributed by atoms with Gasteiger partial charge in [0.2, 0.25) is 0 Å². The lowest BCUT2D eigenvalue weighted by atomic mass is 10.2. The van der Waals surface area contributed by atoms with Crippen molar-refractivity contribution in [1.82, 2.24) is 4.98 Å². The number of halogens is 1. The van der Waals surface area contributed by atoms with Crippen LogP contribution in [0, 0.1) is 12.7 Å². The van der Waals surface area contributed by atoms with Gasteiger partial charge in [0.25, 0.3) is 5.91 Å². The van der Waals surface area contributed by atoms with Crippen molar-refractivity contribution < 1.29 is 9.18 Å². The SMILES string of the molecule is CCN(C(=O)c1cc(Nc2cccc(F)c2)ccn1)c1cccc(C)c1. The first-order valence-electron chi connectivity index (χ1n) is 8.44. The molecular formula is C21H20FN3O. The molecule has 0 aliphatic carbocycles. The molecule has 3 aromatic rings. The van der Waals surface area contributed by atoms with Crippen LogP contribution in [0.25, 0.3) is 0 Å². The van der Waals surface area contributed by atoms with Crippen LogP contribution in [0.4, 0.5) is 21.5 Å². The summed E-state index contributed by atoms with van der Waals surface area (Å²) in [7, 11) is 0. The number of hydrogen-bond acceptors (Lipinski definition) is 3. The summed E-state index contributed by atoms with van der Waals surface area (Å²) in [5.74, 6) is -0.502. The molecule has 5 heteroatoms. The summed E-state index contributed by atoms with van der Waals surface area (Å²) in [6.07, 6.45) is 1.57. The van der Waals surface area contributed by atoms with Gasteiger partial charge < -0.3 is 10.2 Å². The Morgan fingerprint density at radius 3 is 2.58 bits per heavy atom. The van der Waals surface area contributed by atoms with Gasteiger partial charge in [0.05, 0.1) is 0 Å². The highest BCUT2D eigenvalue weighted by molar-refractivity contribution is 6.05. The third kappa shape index (κ3) is 4.06. The number of aromatic nitrogens is 1. The third-order valence-electron chi connectivity index (χ3n) is 3.97. The number of benzene rings is 2. The fraction of sp³-hybridized carbons (Fsp3) is 0.143. The summed E-state index contributed by atoms with van der Waals surface area (Å²) in [5, 5.41) is 3.10. The summed E-state index contributed by atoms with van der Waals surface area (Å²) in [6, 6.07) is 17.4. The van der Waals surface area contributed by atoms with Crippen molar-refractivity contribution in [2.24, 2.45) is 0 Å². The number of nitrogens with zero attached hydrogens (tertiary/aromatic N) is 2. The van der Waals surface area contributed by atoms with Crippen molar-refractivity contribution in [2.75, 3.05) is 16.8 Å². The lowest BCUT2D eigenvalue weighted by Crippen LogP contribution is -2.31. The van der Waals surface area contributed by atoms with Gasteiger partial charge in [-0.15, -0.1) is 0 Å². The molecule has 1 heterocycles. The number of pyridine rings is 1. The molecule has 26 heavy (non-hydrogen) atoms. The van der Waals surface area contributed by atoms with Gasteiger partial charge in [-0.3, -0.25) is 9.78 Å². The van der Waals surface area contributed by atoms with Crippen molar-refractivity contribution in [3.63, 3.8) is 0 Å². The van der Waals surface area contributed by atoms with Crippen LogP contribution in [0.15, 0.2) is 66.9 Å². The van der Waals surface area contributed by atoms with Gasteiger partial charge >= 0.3 is 0 Å². The summed E-state index contributed by atoms with van der Waals surface area (Å²) >= 11 is 0. The predicted molar refractivity (Wildman–Crippen MR) is 102 cm³/mol. The molecule has 0 atom stereocenters. The van der Waals surface area contributed by atoms with Crippen LogP contribution in [-0.2, 0) is 0 Å². The number of rotatable bonds is 5. The first kappa shape index (κ1) is 17.6. The lowest BCUT2D eigenvalue weighted by molar-refractivity contribution is 0.0983. The van der Waals surface area contributed by atoms with Gasteiger partial charge in [-0.25, -0.2) is 4.39 Å². The number of anilines is 3. The fourth-order valence-corrected chi connectivity index (χ4v) is 2.74. The highest BCUT2D eigenvalue weighted by Gasteiger charge is 2.18. The number of aryl methyl sites for hydroxylation is 1. The minimum absolute atomic E-state index is 0.180. The number of nitrogens with one attached hydrogen (secondary N) is 1. The summed E-state index contributed by atoms with van der Waals surface area (Å²) < 4.78 is 13.3. The number of carbonyl (C=O) groups is 1. The first-order valence-corrected chi connectivity index (χ1v) is 8.44. The molecule has 0 fully saturated rings. The average molecular weight is 349 g/mol. The van der Waals surface area contributed by atoms with Crippen LogP contribution >= 0.6 is 0 Å². The molecule has 0 aliphatic rings. The Hall–Kier alpha value is -3.21. The smallest absolute Gasteiger partial charge is 0.276 e. The molecule has 3 rings (SSSR count). The van der Waals surface area contributed by atoms with Crippen LogP contribution in [-0.4, -0.2) is 17.4 Å². The Morgan fingerprint density at radius 2 is 1.85 bits per heavy atom. The highest BCUT2D eigenvalue weighted by Crippen LogP contribution is 2.21. The Bertz CT molecular complexity index is 926. The second kappa shape index (κ2) is 7.78. The second-order valence-corrected chi connectivity index (χ2v) is 5.95. The van der Waals surface area contributed by atoms with E-state index in [0.29, 0.717) is 23.6 Å². The first-order chi connectivity index (χ1) is 12.6. The molecule has 1 aromatic heterocycles. The quantitative estimate of drug-likeness (QED) is 0.710. The van der Waals surface area contributed by atoms with Crippen molar-refractivity contribution in [3.8, 4) is 0 Å². The average Bonchev–Trinajstić information content (AvgIpc) is 2.62. The van der Waals surface area contributed by atoms with Gasteiger partial charge in [0.1, 0.15) is 11.5 Å². The molecule has 0 spiro atoms. The van der Waals surface area contributed by atoms with E-state index in [0.717, 1.165) is 11.3 Å². The van der Waals surface area contributed by atoms with Gasteiger partial charge in [0.15, 0.2) is 0 Å². The van der Waals surface area contributed by atoms with E-state index >= 15 is 0 Å². The van der Waals surface area contributed by atoms with Crippen LogP contribution in [0.1, 0.15) is 23.0 Å². The van der Waals surface area contributed by atoms with E-state index in [-0.39, 0.29) is 11.7 Å². The van der Waals surface area contributed by atoms with E-state index in [9.17, 15) is 9.18 Å². The van der Waals surface area contributed by atoms with E-state index in [1.807, 2.05) is 38.1 Å². The zero-order valence-electron chi connectivity index (χ0n) is 14.7. The van der Waals surface area contributed by atoms with Crippen molar-refractivity contribution in [3.05, 3.63) is 83.9 Å². The maximum Gasteiger partial charge on any atom is 0.276 e. The van der Waals surface area contributed by atoms with E-state index in [2.05, 4.69) is 10.3 Å². The molecule has 0 bridgehead atoms. The fourth-order valence-electron chi connectivity index (χ4n) is 2.74. The molecule has 2 aromatic carbocycles. The zero-order chi connectivity index (χ0) is 18.5. The molecule has 0 unspecified atom stereocenters. The Balaban J connectivity index is 1.85. The molecule has 0 saturated carbocycles. The molecule has 0 aliphatic heterocycles. The number of hydrogen-bond donors (Lipinski definition) is 1. The maximum absolute atomic E-state index is 13.3. The molecular weight excluding hydrogens is 329 g/mol. The van der Waals surface area contributed by atoms with E-state index in [1.54, 1.807) is 35.4 Å². The van der Waals surface area contributed by atoms with Crippen LogP contribution in [0.3, 0.4) is 0 Å². The van der Waals surface area contributed by atoms with Gasteiger partial charge in [-0.2, -0.15) is 0 Å². The lowest BCUT2D eigenvalue weighted by Gasteiger charge is -2.21. The molecule has 132 valence electrons. The van der Waals surface area contributed by atoms with Crippen molar-refractivity contribution in [1.29, 1.82) is 0 Å². The molecule has 0 radical (unpaired) electrons. The minimum atomic E-state index is -0.322. The van der Waals surface area contributed by atoms with E-state index in [1.165, 1.54) is 12.1 Å². The zero-order valence-corrected chi connectivity index (χ0v) is 14.7. The van der Waals surface area contributed by atoms with Crippen molar-refractivity contribution >= 4 is 23.0 Å². The maximum atomic E-state index is 13.3. The van der Waals surface area contributed by atoms with Crippen LogP contribution in [0.2, 0.25) is 0 Å². The van der Waals surface area contributed by atoms with E-state index in [4.69, 9.17) is 0 Å². The number of carbonyl (C=O) groups excluding carboxylic acids is 1. The standard InChI is InChI=1S/C21H20FN3O/c1-3-25(19-9-4-6-15(2)12-19)21(26)20-14-18(10-11-23-20)24-17-8-5-7-16(22)13-17/h4-14H,3H2,1-2H3,(H,23,24). The topological polar surface area (TPSA) is 45.2 Å². The van der Waals surface area contributed by atoms with Gasteiger partial charge in [-0.1, -0.05) is 18.2 Å². The molecule has 1 amide bonds. The normalized spacial score (nSPS) is 10.4. The second-order valence-electron chi connectivity index (χ2n) is 5.95. The summed E-state index contributed by atoms with van der Waals surface area (Å²) in [5.41, 5.74) is 3.54. The monoisotopic (exact) mass is 349 g/mol. The van der Waals surface area contributed by atoms with E-state index < -0.39 is 0 Å². The van der Waals surface area contributed by atoms with Crippen LogP contribution in [0.5, 0.6) is 0 Å². The van der Waals surface area contributed by atoms with Crippen molar-refractivity contribution in [2.45, 2.75) is 13.8 Å². The van der Waals surface area contributed by atoms with Gasteiger partial charge in [0, 0.05) is 29.8 Å². The minimum Gasteiger partial charge on any atom is -0.355 e. The summed E-state index contributed by atoms with van der Waals surface area (Å²) in [4.78, 5) is 18.8. The Kier molecular flexibility index (Phi) is 5.27. The predicted octanol–water partition coefficient (Wildman–Crippen LogP) is 4.94. The molecule has 4 nitrogen and oxygen atoms in total. The third-order valence-corrected chi connectivity index (χ3v) is 3.97. The largest absolute Gasteiger partial charge is 0.355 e. The number of amides is 1. The molecule has 0 saturated heterocycles. The summed E-state index contributed by atoms with van der Waals surface area (Å²) in [6.45, 7) is 4.45. The Labute approximate surface area is 152 Å². The highest BCUT2D eigenvalue weighted by atomic mass is 19.1.